The van der Waals surface area contributed by atoms with Gasteiger partial charge in [0.1, 0.15) is 0 Å². The molecule has 0 aliphatic heterocycles. The maximum Gasteiger partial charge on any atom is 0.0773 e. The molecule has 6 heteroatoms. The van der Waals surface area contributed by atoms with Crippen LogP contribution in [-0.2, 0) is 13.5 Å². The van der Waals surface area contributed by atoms with E-state index in [1.807, 2.05) is 24.7 Å². The van der Waals surface area contributed by atoms with Gasteiger partial charge in [-0.25, -0.2) is 0 Å². The SMILES string of the molecule is Cc1cc(CC(NN)c2cnccn2)n(C)n1. The molecule has 0 saturated heterocycles. The third kappa shape index (κ3) is 2.66. The lowest BCUT2D eigenvalue weighted by Crippen LogP contribution is -2.30. The number of hydrogen-bond donors (Lipinski definition) is 2. The van der Waals surface area contributed by atoms with Gasteiger partial charge in [0.05, 0.1) is 23.6 Å². The predicted molar refractivity (Wildman–Crippen MR) is 63.7 cm³/mol. The topological polar surface area (TPSA) is 81.6 Å². The van der Waals surface area contributed by atoms with E-state index in [1.54, 1.807) is 18.6 Å². The lowest BCUT2D eigenvalue weighted by atomic mass is 10.1. The molecule has 0 fully saturated rings. The number of nitrogens with zero attached hydrogens (tertiary/aromatic N) is 4. The van der Waals surface area contributed by atoms with Crippen LogP contribution in [-0.4, -0.2) is 19.7 Å². The molecule has 0 radical (unpaired) electrons. The van der Waals surface area contributed by atoms with Gasteiger partial charge in [0.25, 0.3) is 0 Å². The number of nitrogens with one attached hydrogen (secondary N) is 1. The van der Waals surface area contributed by atoms with Crippen molar-refractivity contribution in [3.8, 4) is 0 Å². The molecule has 0 bridgehead atoms. The van der Waals surface area contributed by atoms with Crippen molar-refractivity contribution >= 4 is 0 Å². The van der Waals surface area contributed by atoms with Crippen LogP contribution < -0.4 is 11.3 Å². The van der Waals surface area contributed by atoms with Crippen LogP contribution >= 0.6 is 0 Å². The summed E-state index contributed by atoms with van der Waals surface area (Å²) in [5, 5.41) is 4.30. The van der Waals surface area contributed by atoms with Crippen molar-refractivity contribution in [3.63, 3.8) is 0 Å². The summed E-state index contributed by atoms with van der Waals surface area (Å²) < 4.78 is 1.86. The molecule has 2 aromatic heterocycles. The van der Waals surface area contributed by atoms with Crippen molar-refractivity contribution in [2.24, 2.45) is 12.9 Å². The smallest absolute Gasteiger partial charge is 0.0773 e. The first-order chi connectivity index (χ1) is 8.20. The van der Waals surface area contributed by atoms with Crippen molar-refractivity contribution in [3.05, 3.63) is 41.7 Å². The number of nitrogens with two attached hydrogens (primary N) is 1. The fourth-order valence-corrected chi connectivity index (χ4v) is 1.80. The van der Waals surface area contributed by atoms with Crippen molar-refractivity contribution in [2.45, 2.75) is 19.4 Å². The maximum atomic E-state index is 5.56. The first kappa shape index (κ1) is 11.7. The Bertz CT molecular complexity index is 478. The Kier molecular flexibility index (Phi) is 3.46. The van der Waals surface area contributed by atoms with E-state index in [4.69, 9.17) is 5.84 Å². The van der Waals surface area contributed by atoms with Crippen LogP contribution in [0.15, 0.2) is 24.7 Å². The molecular weight excluding hydrogens is 216 g/mol. The lowest BCUT2D eigenvalue weighted by Gasteiger charge is -2.14. The number of rotatable bonds is 4. The molecular formula is C11H16N6. The minimum atomic E-state index is -0.0569. The zero-order valence-corrected chi connectivity index (χ0v) is 9.96. The molecule has 0 saturated carbocycles. The fourth-order valence-electron chi connectivity index (χ4n) is 1.80. The van der Waals surface area contributed by atoms with Crippen molar-refractivity contribution in [2.75, 3.05) is 0 Å². The second-order valence-electron chi connectivity index (χ2n) is 3.95. The molecule has 0 aliphatic rings. The summed E-state index contributed by atoms with van der Waals surface area (Å²) in [4.78, 5) is 8.29. The van der Waals surface area contributed by atoms with E-state index >= 15 is 0 Å². The Balaban J connectivity index is 2.18. The monoisotopic (exact) mass is 232 g/mol. The van der Waals surface area contributed by atoms with Crippen LogP contribution in [0.1, 0.15) is 23.1 Å². The zero-order chi connectivity index (χ0) is 12.3. The van der Waals surface area contributed by atoms with Gasteiger partial charge in [-0.2, -0.15) is 5.10 Å². The van der Waals surface area contributed by atoms with E-state index in [2.05, 4.69) is 20.5 Å². The summed E-state index contributed by atoms with van der Waals surface area (Å²) in [5.41, 5.74) is 5.69. The molecule has 2 aromatic rings. The molecule has 0 aliphatic carbocycles. The Morgan fingerprint density at radius 3 is 2.82 bits per heavy atom. The van der Waals surface area contributed by atoms with Crippen LogP contribution in [0.4, 0.5) is 0 Å². The molecule has 2 heterocycles. The van der Waals surface area contributed by atoms with Crippen LogP contribution in [0.25, 0.3) is 0 Å². The number of hydrazine groups is 1. The summed E-state index contributed by atoms with van der Waals surface area (Å²) in [7, 11) is 1.92. The van der Waals surface area contributed by atoms with Gasteiger partial charge in [-0.15, -0.1) is 0 Å². The molecule has 1 atom stereocenters. The molecule has 3 N–H and O–H groups in total. The Morgan fingerprint density at radius 2 is 2.29 bits per heavy atom. The normalized spacial score (nSPS) is 12.6. The van der Waals surface area contributed by atoms with Gasteiger partial charge >= 0.3 is 0 Å². The molecule has 17 heavy (non-hydrogen) atoms. The van der Waals surface area contributed by atoms with Gasteiger partial charge in [-0.05, 0) is 13.0 Å². The third-order valence-electron chi connectivity index (χ3n) is 2.65. The lowest BCUT2D eigenvalue weighted by molar-refractivity contribution is 0.516. The maximum absolute atomic E-state index is 5.56. The van der Waals surface area contributed by atoms with E-state index < -0.39 is 0 Å². The van der Waals surface area contributed by atoms with Crippen molar-refractivity contribution < 1.29 is 0 Å². The molecule has 0 spiro atoms. The minimum absolute atomic E-state index is 0.0569. The second-order valence-corrected chi connectivity index (χ2v) is 3.95. The standard InChI is InChI=1S/C11H16N6/c1-8-5-9(17(2)16-8)6-10(15-12)11-7-13-3-4-14-11/h3-5,7,10,15H,6,12H2,1-2H3. The van der Waals surface area contributed by atoms with E-state index in [1.165, 1.54) is 0 Å². The molecule has 2 rings (SSSR count). The van der Waals surface area contributed by atoms with Crippen LogP contribution in [0.3, 0.4) is 0 Å². The molecule has 0 aromatic carbocycles. The summed E-state index contributed by atoms with van der Waals surface area (Å²) in [5.74, 6) is 5.56. The fraction of sp³-hybridized carbons (Fsp3) is 0.364. The van der Waals surface area contributed by atoms with E-state index in [-0.39, 0.29) is 6.04 Å². The number of aryl methyl sites for hydroxylation is 2. The average Bonchev–Trinajstić information content (AvgIpc) is 2.66. The average molecular weight is 232 g/mol. The Labute approximate surface area is 99.9 Å². The highest BCUT2D eigenvalue weighted by Crippen LogP contribution is 2.15. The minimum Gasteiger partial charge on any atom is -0.272 e. The van der Waals surface area contributed by atoms with Crippen molar-refractivity contribution in [1.29, 1.82) is 0 Å². The van der Waals surface area contributed by atoms with Crippen molar-refractivity contribution in [1.82, 2.24) is 25.2 Å². The number of aromatic nitrogens is 4. The summed E-state index contributed by atoms with van der Waals surface area (Å²) >= 11 is 0. The van der Waals surface area contributed by atoms with Crippen LogP contribution in [0.5, 0.6) is 0 Å². The third-order valence-corrected chi connectivity index (χ3v) is 2.65. The predicted octanol–water partition coefficient (Wildman–Crippen LogP) is 0.266. The summed E-state index contributed by atoms with van der Waals surface area (Å²) in [6, 6.07) is 1.99. The highest BCUT2D eigenvalue weighted by atomic mass is 15.3. The van der Waals surface area contributed by atoms with Gasteiger partial charge in [0.2, 0.25) is 0 Å². The van der Waals surface area contributed by atoms with Gasteiger partial charge in [-0.1, -0.05) is 0 Å². The molecule has 90 valence electrons. The first-order valence-corrected chi connectivity index (χ1v) is 5.42. The van der Waals surface area contributed by atoms with Crippen LogP contribution in [0, 0.1) is 6.92 Å². The van der Waals surface area contributed by atoms with Gasteiger partial charge in [0.15, 0.2) is 0 Å². The molecule has 6 nitrogen and oxygen atoms in total. The Morgan fingerprint density at radius 1 is 1.47 bits per heavy atom. The summed E-state index contributed by atoms with van der Waals surface area (Å²) in [6.45, 7) is 1.97. The van der Waals surface area contributed by atoms with Crippen LogP contribution in [0.2, 0.25) is 0 Å². The quantitative estimate of drug-likeness (QED) is 0.584. The number of hydrogen-bond acceptors (Lipinski definition) is 5. The second kappa shape index (κ2) is 5.03. The highest BCUT2D eigenvalue weighted by Gasteiger charge is 2.14. The molecule has 1 unspecified atom stereocenters. The van der Waals surface area contributed by atoms with Gasteiger partial charge < -0.3 is 0 Å². The molecule has 0 amide bonds. The zero-order valence-electron chi connectivity index (χ0n) is 9.96. The first-order valence-electron chi connectivity index (χ1n) is 5.42. The highest BCUT2D eigenvalue weighted by molar-refractivity contribution is 5.13. The Hall–Kier alpha value is -1.79. The van der Waals surface area contributed by atoms with Gasteiger partial charge in [0, 0.05) is 31.6 Å². The van der Waals surface area contributed by atoms with Gasteiger partial charge in [-0.3, -0.25) is 25.9 Å². The van der Waals surface area contributed by atoms with E-state index in [0.717, 1.165) is 23.5 Å². The van der Waals surface area contributed by atoms with E-state index in [0.29, 0.717) is 0 Å². The van der Waals surface area contributed by atoms with E-state index in [9.17, 15) is 0 Å². The summed E-state index contributed by atoms with van der Waals surface area (Å²) in [6.07, 6.45) is 5.75. The largest absolute Gasteiger partial charge is 0.272 e.